The minimum atomic E-state index is 0.613. The number of benzene rings is 1. The molecule has 0 aliphatic rings. The fraction of sp³-hybridized carbons (Fsp3) is 0.400. The van der Waals surface area contributed by atoms with Gasteiger partial charge in [-0.15, -0.1) is 0 Å². The molecule has 1 nitrogen and oxygen atoms in total. The van der Waals surface area contributed by atoms with Crippen LogP contribution in [0.1, 0.15) is 37.8 Å². The van der Waals surface area contributed by atoms with Gasteiger partial charge < -0.3 is 4.79 Å². The number of hydrogen-bond donors (Lipinski definition) is 0. The van der Waals surface area contributed by atoms with Crippen LogP contribution in [0.2, 0.25) is 0 Å². The largest absolute Gasteiger partial charge is 0.303 e. The zero-order valence-electron chi connectivity index (χ0n) is 10.1. The van der Waals surface area contributed by atoms with E-state index in [0.717, 1.165) is 19.1 Å². The Morgan fingerprint density at radius 2 is 1.81 bits per heavy atom. The Hall–Kier alpha value is -1.37. The number of rotatable bonds is 6. The van der Waals surface area contributed by atoms with Gasteiger partial charge >= 0.3 is 0 Å². The van der Waals surface area contributed by atoms with Gasteiger partial charge in [0.25, 0.3) is 0 Å². The van der Waals surface area contributed by atoms with Gasteiger partial charge in [0, 0.05) is 6.42 Å². The summed E-state index contributed by atoms with van der Waals surface area (Å²) < 4.78 is 0. The van der Waals surface area contributed by atoms with E-state index in [9.17, 15) is 4.79 Å². The monoisotopic (exact) mass is 216 g/mol. The van der Waals surface area contributed by atoms with Crippen molar-refractivity contribution >= 4 is 12.4 Å². The number of unbranched alkanes of at least 4 members (excludes halogenated alkanes) is 1. The predicted molar refractivity (Wildman–Crippen MR) is 69.3 cm³/mol. The van der Waals surface area contributed by atoms with Gasteiger partial charge in [-0.05, 0) is 29.9 Å². The van der Waals surface area contributed by atoms with Crippen LogP contribution in [0.3, 0.4) is 0 Å². The maximum atomic E-state index is 10.1. The van der Waals surface area contributed by atoms with E-state index >= 15 is 0 Å². The summed E-state index contributed by atoms with van der Waals surface area (Å²) in [5.74, 6) is 0.703. The first-order chi connectivity index (χ1) is 7.72. The molecule has 0 amide bonds. The van der Waals surface area contributed by atoms with E-state index in [1.807, 2.05) is 6.08 Å². The summed E-state index contributed by atoms with van der Waals surface area (Å²) in [5.41, 5.74) is 2.60. The number of allylic oxidation sites excluding steroid dienone is 1. The summed E-state index contributed by atoms with van der Waals surface area (Å²) >= 11 is 0. The van der Waals surface area contributed by atoms with Crippen LogP contribution in [-0.4, -0.2) is 6.29 Å². The van der Waals surface area contributed by atoms with Gasteiger partial charge in [-0.3, -0.25) is 0 Å². The zero-order chi connectivity index (χ0) is 11.8. The lowest BCUT2D eigenvalue weighted by molar-refractivity contribution is -0.107. The molecule has 1 heteroatoms. The molecule has 0 spiro atoms. The van der Waals surface area contributed by atoms with Gasteiger partial charge in [0.05, 0.1) is 0 Å². The molecular formula is C15H20O. The van der Waals surface area contributed by atoms with Crippen molar-refractivity contribution in [2.75, 3.05) is 0 Å². The number of carbonyl (C=O) groups is 1. The summed E-state index contributed by atoms with van der Waals surface area (Å²) in [5, 5.41) is 0. The molecule has 0 heterocycles. The standard InChI is InChI=1S/C15H20O/c1-13(2)12-15-9-7-14(8-10-15)6-4-3-5-11-16/h4,6-11,13H,3,5,12H2,1-2H3/b6-4+. The summed E-state index contributed by atoms with van der Waals surface area (Å²) in [6, 6.07) is 8.63. The van der Waals surface area contributed by atoms with E-state index < -0.39 is 0 Å². The SMILES string of the molecule is CC(C)Cc1ccc(/C=C/CCC=O)cc1. The smallest absolute Gasteiger partial charge is 0.120 e. The maximum Gasteiger partial charge on any atom is 0.120 e. The molecule has 0 unspecified atom stereocenters. The van der Waals surface area contributed by atoms with Crippen LogP contribution in [0.4, 0.5) is 0 Å². The highest BCUT2D eigenvalue weighted by Gasteiger charge is 1.96. The van der Waals surface area contributed by atoms with Crippen molar-refractivity contribution in [2.24, 2.45) is 5.92 Å². The minimum Gasteiger partial charge on any atom is -0.303 e. The molecule has 0 N–H and O–H groups in total. The highest BCUT2D eigenvalue weighted by molar-refractivity contribution is 5.52. The molecule has 0 bridgehead atoms. The van der Waals surface area contributed by atoms with Crippen molar-refractivity contribution in [1.82, 2.24) is 0 Å². The van der Waals surface area contributed by atoms with E-state index in [-0.39, 0.29) is 0 Å². The molecule has 0 aliphatic carbocycles. The summed E-state index contributed by atoms with van der Waals surface area (Å²) in [6.45, 7) is 4.46. The second-order valence-corrected chi connectivity index (χ2v) is 4.49. The Morgan fingerprint density at radius 3 is 2.38 bits per heavy atom. The average molecular weight is 216 g/mol. The molecular weight excluding hydrogens is 196 g/mol. The van der Waals surface area contributed by atoms with Crippen molar-refractivity contribution in [2.45, 2.75) is 33.1 Å². The Bertz CT molecular complexity index is 333. The first-order valence-electron chi connectivity index (χ1n) is 5.91. The van der Waals surface area contributed by atoms with Crippen molar-refractivity contribution in [3.05, 3.63) is 41.5 Å². The fourth-order valence-corrected chi connectivity index (χ4v) is 1.62. The van der Waals surface area contributed by atoms with Crippen molar-refractivity contribution in [1.29, 1.82) is 0 Å². The van der Waals surface area contributed by atoms with Gasteiger partial charge in [-0.25, -0.2) is 0 Å². The van der Waals surface area contributed by atoms with Crippen LogP contribution in [-0.2, 0) is 11.2 Å². The quantitative estimate of drug-likeness (QED) is 0.521. The molecule has 0 radical (unpaired) electrons. The summed E-state index contributed by atoms with van der Waals surface area (Å²) in [4.78, 5) is 10.1. The van der Waals surface area contributed by atoms with Gasteiger partial charge in [0.1, 0.15) is 6.29 Å². The second kappa shape index (κ2) is 7.00. The molecule has 16 heavy (non-hydrogen) atoms. The topological polar surface area (TPSA) is 17.1 Å². The van der Waals surface area contributed by atoms with E-state index in [1.165, 1.54) is 11.1 Å². The number of hydrogen-bond acceptors (Lipinski definition) is 1. The highest BCUT2D eigenvalue weighted by atomic mass is 16.1. The Morgan fingerprint density at radius 1 is 1.12 bits per heavy atom. The maximum absolute atomic E-state index is 10.1. The normalized spacial score (nSPS) is 11.2. The Balaban J connectivity index is 2.50. The predicted octanol–water partition coefficient (Wildman–Crippen LogP) is 3.88. The lowest BCUT2D eigenvalue weighted by Gasteiger charge is -2.04. The van der Waals surface area contributed by atoms with Gasteiger partial charge in [-0.2, -0.15) is 0 Å². The third-order valence-corrected chi connectivity index (χ3v) is 2.39. The van der Waals surface area contributed by atoms with E-state index in [1.54, 1.807) is 0 Å². The van der Waals surface area contributed by atoms with Crippen molar-refractivity contribution < 1.29 is 4.79 Å². The average Bonchev–Trinajstić information content (AvgIpc) is 2.26. The molecule has 0 saturated heterocycles. The van der Waals surface area contributed by atoms with Crippen molar-refractivity contribution in [3.63, 3.8) is 0 Å². The highest BCUT2D eigenvalue weighted by Crippen LogP contribution is 2.11. The molecule has 0 aliphatic heterocycles. The summed E-state index contributed by atoms with van der Waals surface area (Å²) in [7, 11) is 0. The van der Waals surface area contributed by atoms with Crippen LogP contribution < -0.4 is 0 Å². The molecule has 0 fully saturated rings. The minimum absolute atomic E-state index is 0.613. The van der Waals surface area contributed by atoms with E-state index in [0.29, 0.717) is 12.3 Å². The molecule has 86 valence electrons. The molecule has 1 aromatic rings. The zero-order valence-corrected chi connectivity index (χ0v) is 10.1. The van der Waals surface area contributed by atoms with Gasteiger partial charge in [-0.1, -0.05) is 50.3 Å². The molecule has 1 rings (SSSR count). The molecule has 1 aromatic carbocycles. The lowest BCUT2D eigenvalue weighted by Crippen LogP contribution is -1.93. The molecule has 0 atom stereocenters. The van der Waals surface area contributed by atoms with Crippen LogP contribution in [0, 0.1) is 5.92 Å². The second-order valence-electron chi connectivity index (χ2n) is 4.49. The first-order valence-corrected chi connectivity index (χ1v) is 5.91. The van der Waals surface area contributed by atoms with Crippen molar-refractivity contribution in [3.8, 4) is 0 Å². The third-order valence-electron chi connectivity index (χ3n) is 2.39. The number of carbonyl (C=O) groups excluding carboxylic acids is 1. The van der Waals surface area contributed by atoms with Crippen LogP contribution in [0.15, 0.2) is 30.3 Å². The summed E-state index contributed by atoms with van der Waals surface area (Å²) in [6.07, 6.45) is 7.65. The number of aldehydes is 1. The first kappa shape index (κ1) is 12.7. The van der Waals surface area contributed by atoms with Crippen LogP contribution >= 0.6 is 0 Å². The Kier molecular flexibility index (Phi) is 5.55. The Labute approximate surface area is 98.2 Å². The molecule has 0 aromatic heterocycles. The third kappa shape index (κ3) is 4.92. The molecule has 0 saturated carbocycles. The van der Waals surface area contributed by atoms with E-state index in [4.69, 9.17) is 0 Å². The van der Waals surface area contributed by atoms with E-state index in [2.05, 4.69) is 44.2 Å². The fourth-order valence-electron chi connectivity index (χ4n) is 1.62. The van der Waals surface area contributed by atoms with Gasteiger partial charge in [0.15, 0.2) is 0 Å². The van der Waals surface area contributed by atoms with Gasteiger partial charge in [0.2, 0.25) is 0 Å². The lowest BCUT2D eigenvalue weighted by atomic mass is 10.0. The van der Waals surface area contributed by atoms with Crippen LogP contribution in [0.25, 0.3) is 6.08 Å². The van der Waals surface area contributed by atoms with Crippen LogP contribution in [0.5, 0.6) is 0 Å².